The number of carbonyl (C=O) groups is 1. The number of rotatable bonds is 3. The van der Waals surface area contributed by atoms with Crippen molar-refractivity contribution in [3.63, 3.8) is 0 Å². The van der Waals surface area contributed by atoms with Crippen LogP contribution in [0, 0.1) is 0 Å². The highest BCUT2D eigenvalue weighted by molar-refractivity contribution is 6.07. The molecule has 2 aromatic carbocycles. The lowest BCUT2D eigenvalue weighted by Gasteiger charge is -2.39. The molecule has 2 aromatic rings. The Bertz CT molecular complexity index is 724. The SMILES string of the molecule is CCOc1cccc(C(=O)N2CC(C)(C)Oc3ccccc32)c1. The first-order chi connectivity index (χ1) is 11.0. The number of amides is 1. The highest BCUT2D eigenvalue weighted by Gasteiger charge is 2.35. The van der Waals surface area contributed by atoms with Crippen molar-refractivity contribution >= 4 is 11.6 Å². The van der Waals surface area contributed by atoms with Crippen molar-refractivity contribution in [3.8, 4) is 11.5 Å². The van der Waals surface area contributed by atoms with Crippen LogP contribution in [0.15, 0.2) is 48.5 Å². The van der Waals surface area contributed by atoms with Gasteiger partial charge in [0.25, 0.3) is 5.91 Å². The van der Waals surface area contributed by atoms with E-state index in [0.717, 1.165) is 11.4 Å². The number of carbonyl (C=O) groups excluding carboxylic acids is 1. The highest BCUT2D eigenvalue weighted by Crippen LogP contribution is 2.37. The molecule has 1 heterocycles. The summed E-state index contributed by atoms with van der Waals surface area (Å²) in [6.45, 7) is 6.97. The van der Waals surface area contributed by atoms with E-state index in [2.05, 4.69) is 0 Å². The lowest BCUT2D eigenvalue weighted by molar-refractivity contribution is 0.0836. The van der Waals surface area contributed by atoms with Crippen molar-refractivity contribution in [3.05, 3.63) is 54.1 Å². The van der Waals surface area contributed by atoms with E-state index in [1.807, 2.05) is 63.2 Å². The van der Waals surface area contributed by atoms with E-state index in [0.29, 0.717) is 24.5 Å². The van der Waals surface area contributed by atoms with Crippen molar-refractivity contribution in [2.75, 3.05) is 18.1 Å². The van der Waals surface area contributed by atoms with E-state index in [-0.39, 0.29) is 5.91 Å². The molecule has 0 atom stereocenters. The average Bonchev–Trinajstić information content (AvgIpc) is 2.53. The molecular formula is C19H21NO3. The molecule has 0 saturated heterocycles. The Hall–Kier alpha value is -2.49. The van der Waals surface area contributed by atoms with Gasteiger partial charge in [-0.3, -0.25) is 4.79 Å². The van der Waals surface area contributed by atoms with E-state index in [4.69, 9.17) is 9.47 Å². The van der Waals surface area contributed by atoms with Crippen LogP contribution in [0.4, 0.5) is 5.69 Å². The summed E-state index contributed by atoms with van der Waals surface area (Å²) in [5, 5.41) is 0. The number of anilines is 1. The minimum Gasteiger partial charge on any atom is -0.494 e. The molecule has 0 bridgehead atoms. The number of nitrogens with zero attached hydrogens (tertiary/aromatic N) is 1. The van der Waals surface area contributed by atoms with E-state index in [9.17, 15) is 4.79 Å². The number of hydrogen-bond donors (Lipinski definition) is 0. The number of benzene rings is 2. The Morgan fingerprint density at radius 2 is 2.00 bits per heavy atom. The molecule has 23 heavy (non-hydrogen) atoms. The van der Waals surface area contributed by atoms with E-state index >= 15 is 0 Å². The van der Waals surface area contributed by atoms with Gasteiger partial charge in [-0.15, -0.1) is 0 Å². The monoisotopic (exact) mass is 311 g/mol. The van der Waals surface area contributed by atoms with Gasteiger partial charge in [-0.05, 0) is 51.1 Å². The Balaban J connectivity index is 1.97. The van der Waals surface area contributed by atoms with Crippen molar-refractivity contribution in [2.24, 2.45) is 0 Å². The molecule has 0 saturated carbocycles. The molecule has 4 nitrogen and oxygen atoms in total. The van der Waals surface area contributed by atoms with Crippen LogP contribution in [0.5, 0.6) is 11.5 Å². The molecule has 0 N–H and O–H groups in total. The van der Waals surface area contributed by atoms with Crippen molar-refractivity contribution in [2.45, 2.75) is 26.4 Å². The second-order valence-electron chi connectivity index (χ2n) is 6.18. The van der Waals surface area contributed by atoms with Gasteiger partial charge in [0.05, 0.1) is 18.8 Å². The Kier molecular flexibility index (Phi) is 3.99. The van der Waals surface area contributed by atoms with Crippen LogP contribution in [-0.2, 0) is 0 Å². The molecule has 120 valence electrons. The third-order valence-electron chi connectivity index (χ3n) is 3.72. The van der Waals surface area contributed by atoms with Gasteiger partial charge in [0.15, 0.2) is 0 Å². The Morgan fingerprint density at radius 1 is 1.22 bits per heavy atom. The third kappa shape index (κ3) is 3.16. The maximum Gasteiger partial charge on any atom is 0.258 e. The first kappa shape index (κ1) is 15.4. The van der Waals surface area contributed by atoms with Gasteiger partial charge >= 0.3 is 0 Å². The molecule has 0 aliphatic carbocycles. The van der Waals surface area contributed by atoms with Crippen molar-refractivity contribution in [1.82, 2.24) is 0 Å². The summed E-state index contributed by atoms with van der Waals surface area (Å²) in [7, 11) is 0. The summed E-state index contributed by atoms with van der Waals surface area (Å²) in [5.74, 6) is 1.40. The van der Waals surface area contributed by atoms with Crippen molar-refractivity contribution in [1.29, 1.82) is 0 Å². The van der Waals surface area contributed by atoms with Gasteiger partial charge in [0, 0.05) is 5.56 Å². The number of para-hydroxylation sites is 2. The van der Waals surface area contributed by atoms with Gasteiger partial charge in [0.2, 0.25) is 0 Å². The van der Waals surface area contributed by atoms with Crippen LogP contribution in [0.25, 0.3) is 0 Å². The van der Waals surface area contributed by atoms with Gasteiger partial charge < -0.3 is 14.4 Å². The molecule has 0 radical (unpaired) electrons. The van der Waals surface area contributed by atoms with Crippen LogP contribution in [0.1, 0.15) is 31.1 Å². The lowest BCUT2D eigenvalue weighted by Crippen LogP contribution is -2.49. The molecule has 0 spiro atoms. The minimum absolute atomic E-state index is 0.0459. The molecule has 4 heteroatoms. The molecule has 1 amide bonds. The second-order valence-corrected chi connectivity index (χ2v) is 6.18. The smallest absolute Gasteiger partial charge is 0.258 e. The minimum atomic E-state index is -0.429. The molecule has 3 rings (SSSR count). The lowest BCUT2D eigenvalue weighted by atomic mass is 10.0. The fourth-order valence-electron chi connectivity index (χ4n) is 2.78. The predicted octanol–water partition coefficient (Wildman–Crippen LogP) is 3.90. The van der Waals surface area contributed by atoms with Gasteiger partial charge in [-0.25, -0.2) is 0 Å². The zero-order valence-electron chi connectivity index (χ0n) is 13.7. The third-order valence-corrected chi connectivity index (χ3v) is 3.72. The van der Waals surface area contributed by atoms with Crippen LogP contribution in [0.3, 0.4) is 0 Å². The quantitative estimate of drug-likeness (QED) is 0.863. The maximum atomic E-state index is 13.0. The fraction of sp³-hybridized carbons (Fsp3) is 0.316. The summed E-state index contributed by atoms with van der Waals surface area (Å²) in [5.41, 5.74) is 0.990. The first-order valence-corrected chi connectivity index (χ1v) is 7.83. The van der Waals surface area contributed by atoms with E-state index in [1.165, 1.54) is 0 Å². The largest absolute Gasteiger partial charge is 0.494 e. The number of hydrogen-bond acceptors (Lipinski definition) is 3. The highest BCUT2D eigenvalue weighted by atomic mass is 16.5. The molecule has 0 aromatic heterocycles. The standard InChI is InChI=1S/C19H21NO3/c1-4-22-15-9-7-8-14(12-15)18(21)20-13-19(2,3)23-17-11-6-5-10-16(17)20/h5-12H,4,13H2,1-3H3. The van der Waals surface area contributed by atoms with E-state index < -0.39 is 5.60 Å². The van der Waals surface area contributed by atoms with Crippen molar-refractivity contribution < 1.29 is 14.3 Å². The summed E-state index contributed by atoms with van der Waals surface area (Å²) < 4.78 is 11.5. The topological polar surface area (TPSA) is 38.8 Å². The second kappa shape index (κ2) is 5.95. The van der Waals surface area contributed by atoms with Crippen LogP contribution >= 0.6 is 0 Å². The van der Waals surface area contributed by atoms with Crippen LogP contribution in [-0.4, -0.2) is 24.7 Å². The molecule has 0 fully saturated rings. The van der Waals surface area contributed by atoms with Gasteiger partial charge in [0.1, 0.15) is 17.1 Å². The van der Waals surface area contributed by atoms with E-state index in [1.54, 1.807) is 11.0 Å². The average molecular weight is 311 g/mol. The van der Waals surface area contributed by atoms with Gasteiger partial charge in [-0.1, -0.05) is 18.2 Å². The maximum absolute atomic E-state index is 13.0. The molecule has 1 aliphatic rings. The first-order valence-electron chi connectivity index (χ1n) is 7.83. The summed E-state index contributed by atoms with van der Waals surface area (Å²) in [6.07, 6.45) is 0. The zero-order chi connectivity index (χ0) is 16.4. The Labute approximate surface area is 136 Å². The van der Waals surface area contributed by atoms with Gasteiger partial charge in [-0.2, -0.15) is 0 Å². The fourth-order valence-corrected chi connectivity index (χ4v) is 2.78. The normalized spacial score (nSPS) is 15.5. The summed E-state index contributed by atoms with van der Waals surface area (Å²) in [4.78, 5) is 14.8. The number of fused-ring (bicyclic) bond motifs is 1. The zero-order valence-corrected chi connectivity index (χ0v) is 13.7. The summed E-state index contributed by atoms with van der Waals surface area (Å²) in [6, 6.07) is 14.9. The molecular weight excluding hydrogens is 290 g/mol. The predicted molar refractivity (Wildman–Crippen MR) is 90.4 cm³/mol. The van der Waals surface area contributed by atoms with Crippen LogP contribution < -0.4 is 14.4 Å². The Morgan fingerprint density at radius 3 is 2.78 bits per heavy atom. The summed E-state index contributed by atoms with van der Waals surface area (Å²) >= 11 is 0. The molecule has 1 aliphatic heterocycles. The van der Waals surface area contributed by atoms with Crippen LogP contribution in [0.2, 0.25) is 0 Å². The number of ether oxygens (including phenoxy) is 2. The molecule has 0 unspecified atom stereocenters.